The molecule has 1 aromatic heterocycles. The predicted molar refractivity (Wildman–Crippen MR) is 81.9 cm³/mol. The van der Waals surface area contributed by atoms with Gasteiger partial charge in [-0.2, -0.15) is 0 Å². The van der Waals surface area contributed by atoms with Crippen LogP contribution in [0.2, 0.25) is 0 Å². The quantitative estimate of drug-likeness (QED) is 0.829. The monoisotopic (exact) mass is 289 g/mol. The van der Waals surface area contributed by atoms with Crippen LogP contribution in [0.15, 0.2) is 35.7 Å². The molecule has 0 aliphatic heterocycles. The van der Waals surface area contributed by atoms with E-state index in [9.17, 15) is 9.90 Å². The van der Waals surface area contributed by atoms with Crippen molar-refractivity contribution >= 4 is 17.3 Å². The summed E-state index contributed by atoms with van der Waals surface area (Å²) >= 11 is 1.55. The Kier molecular flexibility index (Phi) is 5.30. The van der Waals surface area contributed by atoms with Crippen molar-refractivity contribution in [3.05, 3.63) is 40.7 Å². The van der Waals surface area contributed by atoms with E-state index in [1.54, 1.807) is 11.3 Å². The van der Waals surface area contributed by atoms with Crippen LogP contribution in [0.25, 0.3) is 11.3 Å². The Morgan fingerprint density at radius 2 is 2.10 bits per heavy atom. The van der Waals surface area contributed by atoms with Gasteiger partial charge in [0.25, 0.3) is 0 Å². The molecule has 106 valence electrons. The highest BCUT2D eigenvalue weighted by Gasteiger charge is 2.19. The van der Waals surface area contributed by atoms with Gasteiger partial charge in [-0.15, -0.1) is 11.3 Å². The molecule has 0 saturated heterocycles. The number of thiazole rings is 1. The fourth-order valence-corrected chi connectivity index (χ4v) is 3.01. The Labute approximate surface area is 123 Å². The zero-order valence-electron chi connectivity index (χ0n) is 11.6. The Morgan fingerprint density at radius 1 is 1.35 bits per heavy atom. The summed E-state index contributed by atoms with van der Waals surface area (Å²) < 4.78 is 0. The van der Waals surface area contributed by atoms with Gasteiger partial charge >= 0.3 is 5.97 Å². The third-order valence-corrected chi connectivity index (χ3v) is 4.17. The first-order valence-corrected chi connectivity index (χ1v) is 7.81. The zero-order valence-corrected chi connectivity index (χ0v) is 12.4. The van der Waals surface area contributed by atoms with E-state index in [4.69, 9.17) is 0 Å². The van der Waals surface area contributed by atoms with E-state index < -0.39 is 5.97 Å². The fraction of sp³-hybridized carbons (Fsp3) is 0.375. The van der Waals surface area contributed by atoms with Crippen molar-refractivity contribution in [1.29, 1.82) is 0 Å². The van der Waals surface area contributed by atoms with Crippen LogP contribution >= 0.6 is 11.3 Å². The molecule has 1 unspecified atom stereocenters. The van der Waals surface area contributed by atoms with E-state index >= 15 is 0 Å². The number of aromatic nitrogens is 1. The van der Waals surface area contributed by atoms with Crippen molar-refractivity contribution in [2.24, 2.45) is 5.92 Å². The minimum Gasteiger partial charge on any atom is -0.481 e. The molecular weight excluding hydrogens is 270 g/mol. The van der Waals surface area contributed by atoms with Gasteiger partial charge in [-0.1, -0.05) is 50.1 Å². The van der Waals surface area contributed by atoms with Crippen LogP contribution < -0.4 is 0 Å². The minimum atomic E-state index is -0.713. The van der Waals surface area contributed by atoms with Crippen molar-refractivity contribution in [3.8, 4) is 11.3 Å². The molecule has 1 atom stereocenters. The Morgan fingerprint density at radius 3 is 2.75 bits per heavy atom. The number of aliphatic carboxylic acids is 1. The lowest BCUT2D eigenvalue weighted by Crippen LogP contribution is -2.16. The Balaban J connectivity index is 2.06. The Hall–Kier alpha value is -1.68. The smallest absolute Gasteiger partial charge is 0.306 e. The SMILES string of the molecule is CCCCC(Cc1nc(-c2ccccc2)cs1)C(=O)O. The molecule has 0 bridgehead atoms. The number of carboxylic acids is 1. The summed E-state index contributed by atoms with van der Waals surface area (Å²) in [5, 5.41) is 12.2. The number of hydrogen-bond acceptors (Lipinski definition) is 3. The highest BCUT2D eigenvalue weighted by molar-refractivity contribution is 7.09. The zero-order chi connectivity index (χ0) is 14.4. The fourth-order valence-electron chi connectivity index (χ4n) is 2.12. The third kappa shape index (κ3) is 3.90. The molecule has 2 rings (SSSR count). The summed E-state index contributed by atoms with van der Waals surface area (Å²) in [6.07, 6.45) is 3.24. The van der Waals surface area contributed by atoms with Gasteiger partial charge < -0.3 is 5.11 Å². The number of nitrogens with zero attached hydrogens (tertiary/aromatic N) is 1. The molecule has 1 aromatic carbocycles. The van der Waals surface area contributed by atoms with Gasteiger partial charge in [0.2, 0.25) is 0 Å². The van der Waals surface area contributed by atoms with Gasteiger partial charge in [-0.05, 0) is 6.42 Å². The van der Waals surface area contributed by atoms with Gasteiger partial charge in [0, 0.05) is 17.4 Å². The molecule has 1 heterocycles. The first-order valence-electron chi connectivity index (χ1n) is 6.93. The molecule has 0 aliphatic carbocycles. The van der Waals surface area contributed by atoms with Crippen molar-refractivity contribution in [1.82, 2.24) is 4.98 Å². The van der Waals surface area contributed by atoms with Crippen LogP contribution in [0.4, 0.5) is 0 Å². The highest BCUT2D eigenvalue weighted by atomic mass is 32.1. The molecule has 0 saturated carbocycles. The third-order valence-electron chi connectivity index (χ3n) is 3.30. The molecule has 1 N–H and O–H groups in total. The van der Waals surface area contributed by atoms with Crippen LogP contribution in [0, 0.1) is 5.92 Å². The summed E-state index contributed by atoms with van der Waals surface area (Å²) in [4.78, 5) is 15.8. The van der Waals surface area contributed by atoms with Crippen LogP contribution in [0.5, 0.6) is 0 Å². The highest BCUT2D eigenvalue weighted by Crippen LogP contribution is 2.24. The largest absolute Gasteiger partial charge is 0.481 e. The molecule has 0 amide bonds. The number of benzene rings is 1. The van der Waals surface area contributed by atoms with Gasteiger partial charge in [-0.25, -0.2) is 4.98 Å². The van der Waals surface area contributed by atoms with E-state index in [2.05, 4.69) is 11.9 Å². The lowest BCUT2D eigenvalue weighted by Gasteiger charge is -2.09. The maximum atomic E-state index is 11.3. The van der Waals surface area contributed by atoms with Gasteiger partial charge in [0.1, 0.15) is 0 Å². The summed E-state index contributed by atoms with van der Waals surface area (Å²) in [6.45, 7) is 2.08. The normalized spacial score (nSPS) is 12.2. The molecule has 3 nitrogen and oxygen atoms in total. The number of carboxylic acid groups (broad SMARTS) is 1. The van der Waals surface area contributed by atoms with Crippen LogP contribution in [-0.4, -0.2) is 16.1 Å². The standard InChI is InChI=1S/C16H19NO2S/c1-2-3-7-13(16(18)19)10-15-17-14(11-20-15)12-8-5-4-6-9-12/h4-6,8-9,11,13H,2-3,7,10H2,1H3,(H,18,19). The van der Waals surface area contributed by atoms with Gasteiger partial charge in [0.05, 0.1) is 16.6 Å². The molecule has 0 aliphatic rings. The lowest BCUT2D eigenvalue weighted by molar-refractivity contribution is -0.141. The number of hydrogen-bond donors (Lipinski definition) is 1. The molecule has 2 aromatic rings. The average molecular weight is 289 g/mol. The van der Waals surface area contributed by atoms with E-state index in [0.717, 1.165) is 35.5 Å². The van der Waals surface area contributed by atoms with Crippen molar-refractivity contribution in [2.75, 3.05) is 0 Å². The first-order chi connectivity index (χ1) is 9.70. The minimum absolute atomic E-state index is 0.315. The van der Waals surface area contributed by atoms with Gasteiger partial charge in [-0.3, -0.25) is 4.79 Å². The van der Waals surface area contributed by atoms with Crippen LogP contribution in [-0.2, 0) is 11.2 Å². The van der Waals surface area contributed by atoms with E-state index in [-0.39, 0.29) is 5.92 Å². The topological polar surface area (TPSA) is 50.2 Å². The first kappa shape index (κ1) is 14.7. The second-order valence-electron chi connectivity index (χ2n) is 4.87. The van der Waals surface area contributed by atoms with E-state index in [1.807, 2.05) is 35.7 Å². The van der Waals surface area contributed by atoms with Crippen molar-refractivity contribution < 1.29 is 9.90 Å². The average Bonchev–Trinajstić information content (AvgIpc) is 2.92. The molecule has 0 spiro atoms. The van der Waals surface area contributed by atoms with Crippen LogP contribution in [0.1, 0.15) is 31.2 Å². The summed E-state index contributed by atoms with van der Waals surface area (Å²) in [5.41, 5.74) is 2.01. The van der Waals surface area contributed by atoms with E-state index in [0.29, 0.717) is 6.42 Å². The predicted octanol–water partition coefficient (Wildman–Crippen LogP) is 4.24. The number of carbonyl (C=O) groups is 1. The molecule has 4 heteroatoms. The van der Waals surface area contributed by atoms with Gasteiger partial charge in [0.15, 0.2) is 0 Å². The van der Waals surface area contributed by atoms with E-state index in [1.165, 1.54) is 0 Å². The number of rotatable bonds is 7. The van der Waals surface area contributed by atoms with Crippen molar-refractivity contribution in [3.63, 3.8) is 0 Å². The maximum absolute atomic E-state index is 11.3. The summed E-state index contributed by atoms with van der Waals surface area (Å²) in [5.74, 6) is -1.03. The Bertz CT molecular complexity index is 551. The maximum Gasteiger partial charge on any atom is 0.306 e. The van der Waals surface area contributed by atoms with Crippen LogP contribution in [0.3, 0.4) is 0 Å². The molecule has 20 heavy (non-hydrogen) atoms. The second kappa shape index (κ2) is 7.20. The number of unbranched alkanes of at least 4 members (excludes halogenated alkanes) is 1. The second-order valence-corrected chi connectivity index (χ2v) is 5.82. The summed E-state index contributed by atoms with van der Waals surface area (Å²) in [7, 11) is 0. The van der Waals surface area contributed by atoms with Crippen molar-refractivity contribution in [2.45, 2.75) is 32.6 Å². The molecule has 0 fully saturated rings. The molecular formula is C16H19NO2S. The summed E-state index contributed by atoms with van der Waals surface area (Å²) in [6, 6.07) is 9.97. The lowest BCUT2D eigenvalue weighted by atomic mass is 9.99. The molecule has 0 radical (unpaired) electrons.